The Morgan fingerprint density at radius 1 is 1.00 bits per heavy atom. The smallest absolute Gasteiger partial charge is 0.329 e. The van der Waals surface area contributed by atoms with Gasteiger partial charge in [0.1, 0.15) is 11.1 Å². The molecule has 0 N–H and O–H groups in total. The second-order valence-electron chi connectivity index (χ2n) is 7.66. The molecule has 2 aromatic rings. The fourth-order valence-corrected chi connectivity index (χ4v) is 3.04. The number of aromatic nitrogens is 1. The highest BCUT2D eigenvalue weighted by Gasteiger charge is 2.21. The SMILES string of the molecule is CCCCCCCCc1ccc(-c2ccc(OC(=O)C(Cl)C(C)C)cc2)nc1. The van der Waals surface area contributed by atoms with Gasteiger partial charge >= 0.3 is 5.97 Å². The Labute approximate surface area is 174 Å². The van der Waals surface area contributed by atoms with Gasteiger partial charge < -0.3 is 4.74 Å². The van der Waals surface area contributed by atoms with E-state index in [9.17, 15) is 4.79 Å². The monoisotopic (exact) mass is 401 g/mol. The number of carbonyl (C=O) groups is 1. The molecule has 1 aromatic carbocycles. The summed E-state index contributed by atoms with van der Waals surface area (Å²) in [4.78, 5) is 16.5. The molecule has 0 spiro atoms. The Hall–Kier alpha value is -1.87. The lowest BCUT2D eigenvalue weighted by atomic mass is 10.1. The van der Waals surface area contributed by atoms with Crippen LogP contribution in [0.5, 0.6) is 5.75 Å². The minimum atomic E-state index is -0.638. The van der Waals surface area contributed by atoms with Crippen LogP contribution in [0.2, 0.25) is 0 Å². The molecule has 0 saturated heterocycles. The molecule has 3 nitrogen and oxygen atoms in total. The number of esters is 1. The Bertz CT molecular complexity index is 710. The Kier molecular flexibility index (Phi) is 9.49. The van der Waals surface area contributed by atoms with Gasteiger partial charge in [-0.05, 0) is 54.7 Å². The number of pyridine rings is 1. The van der Waals surface area contributed by atoms with Gasteiger partial charge in [0.25, 0.3) is 0 Å². The third kappa shape index (κ3) is 7.27. The number of benzene rings is 1. The normalized spacial score (nSPS) is 12.2. The van der Waals surface area contributed by atoms with E-state index >= 15 is 0 Å². The number of rotatable bonds is 11. The van der Waals surface area contributed by atoms with Crippen LogP contribution in [0.15, 0.2) is 42.6 Å². The van der Waals surface area contributed by atoms with Gasteiger partial charge in [-0.15, -0.1) is 11.6 Å². The summed E-state index contributed by atoms with van der Waals surface area (Å²) in [7, 11) is 0. The molecular formula is C24H32ClNO2. The van der Waals surface area contributed by atoms with Crippen LogP contribution in [-0.2, 0) is 11.2 Å². The lowest BCUT2D eigenvalue weighted by molar-refractivity contribution is -0.134. The molecule has 0 radical (unpaired) electrons. The van der Waals surface area contributed by atoms with Crippen LogP contribution in [0.25, 0.3) is 11.3 Å². The van der Waals surface area contributed by atoms with E-state index in [0.29, 0.717) is 5.75 Å². The van der Waals surface area contributed by atoms with Gasteiger partial charge in [-0.1, -0.05) is 58.9 Å². The summed E-state index contributed by atoms with van der Waals surface area (Å²) in [5, 5.41) is -0.638. The molecule has 1 atom stereocenters. The third-order valence-electron chi connectivity index (χ3n) is 4.82. The fraction of sp³-hybridized carbons (Fsp3) is 0.500. The molecule has 0 amide bonds. The van der Waals surface area contributed by atoms with Crippen molar-refractivity contribution in [2.24, 2.45) is 5.92 Å². The topological polar surface area (TPSA) is 39.2 Å². The quantitative estimate of drug-likeness (QED) is 0.179. The predicted molar refractivity (Wildman–Crippen MR) is 117 cm³/mol. The number of ether oxygens (including phenoxy) is 1. The molecule has 0 aliphatic heterocycles. The molecule has 1 unspecified atom stereocenters. The average Bonchev–Trinajstić information content (AvgIpc) is 2.71. The van der Waals surface area contributed by atoms with Gasteiger partial charge in [0.05, 0.1) is 5.69 Å². The minimum Gasteiger partial charge on any atom is -0.425 e. The molecule has 1 aromatic heterocycles. The number of hydrogen-bond acceptors (Lipinski definition) is 3. The summed E-state index contributed by atoms with van der Waals surface area (Å²) in [5.74, 6) is 0.119. The maximum atomic E-state index is 11.9. The van der Waals surface area contributed by atoms with Crippen molar-refractivity contribution in [1.29, 1.82) is 0 Å². The molecule has 0 aliphatic carbocycles. The molecule has 1 heterocycles. The van der Waals surface area contributed by atoms with Crippen molar-refractivity contribution in [3.05, 3.63) is 48.2 Å². The second-order valence-corrected chi connectivity index (χ2v) is 8.13. The first kappa shape index (κ1) is 22.4. The van der Waals surface area contributed by atoms with E-state index in [1.807, 2.05) is 32.2 Å². The van der Waals surface area contributed by atoms with Gasteiger partial charge in [-0.25, -0.2) is 0 Å². The van der Waals surface area contributed by atoms with E-state index in [1.54, 1.807) is 12.1 Å². The largest absolute Gasteiger partial charge is 0.425 e. The molecule has 2 rings (SSSR count). The van der Waals surface area contributed by atoms with Crippen molar-refractivity contribution in [2.75, 3.05) is 0 Å². The molecule has 4 heteroatoms. The summed E-state index contributed by atoms with van der Waals surface area (Å²) in [5.41, 5.74) is 3.20. The molecular weight excluding hydrogens is 370 g/mol. The maximum Gasteiger partial charge on any atom is 0.329 e. The predicted octanol–water partition coefficient (Wildman–Crippen LogP) is 6.82. The lowest BCUT2D eigenvalue weighted by Gasteiger charge is -2.12. The average molecular weight is 402 g/mol. The number of aryl methyl sites for hydroxylation is 1. The third-order valence-corrected chi connectivity index (χ3v) is 5.50. The van der Waals surface area contributed by atoms with Gasteiger partial charge in [0.15, 0.2) is 0 Å². The van der Waals surface area contributed by atoms with Crippen LogP contribution in [-0.4, -0.2) is 16.3 Å². The van der Waals surface area contributed by atoms with Crippen molar-refractivity contribution in [3.8, 4) is 17.0 Å². The standard InChI is InChI=1S/C24H32ClNO2/c1-4-5-6-7-8-9-10-19-11-16-22(26-17-19)20-12-14-21(15-13-20)28-24(27)23(25)18(2)3/h11-18,23H,4-10H2,1-3H3. The van der Waals surface area contributed by atoms with Crippen molar-refractivity contribution >= 4 is 17.6 Å². The van der Waals surface area contributed by atoms with E-state index in [4.69, 9.17) is 16.3 Å². The summed E-state index contributed by atoms with van der Waals surface area (Å²) in [6.07, 6.45) is 10.9. The number of alkyl halides is 1. The van der Waals surface area contributed by atoms with E-state index in [1.165, 1.54) is 44.1 Å². The highest BCUT2D eigenvalue weighted by atomic mass is 35.5. The molecule has 0 saturated carbocycles. The van der Waals surface area contributed by atoms with Gasteiger partial charge in [0, 0.05) is 11.8 Å². The van der Waals surface area contributed by atoms with E-state index in [0.717, 1.165) is 17.7 Å². The summed E-state index contributed by atoms with van der Waals surface area (Å²) in [6, 6.07) is 11.6. The first-order valence-electron chi connectivity index (χ1n) is 10.4. The first-order chi connectivity index (χ1) is 13.5. The van der Waals surface area contributed by atoms with Gasteiger partial charge in [0.2, 0.25) is 0 Å². The zero-order chi connectivity index (χ0) is 20.4. The zero-order valence-electron chi connectivity index (χ0n) is 17.3. The summed E-state index contributed by atoms with van der Waals surface area (Å²) >= 11 is 6.04. The van der Waals surface area contributed by atoms with Crippen molar-refractivity contribution in [1.82, 2.24) is 4.98 Å². The van der Waals surface area contributed by atoms with Crippen molar-refractivity contribution in [2.45, 2.75) is 71.1 Å². The number of carbonyl (C=O) groups excluding carboxylic acids is 1. The maximum absolute atomic E-state index is 11.9. The van der Waals surface area contributed by atoms with Crippen LogP contribution in [0.3, 0.4) is 0 Å². The molecule has 0 bridgehead atoms. The number of halogens is 1. The van der Waals surface area contributed by atoms with Crippen LogP contribution in [0, 0.1) is 5.92 Å². The number of hydrogen-bond donors (Lipinski definition) is 0. The Balaban J connectivity index is 1.85. The second kappa shape index (κ2) is 11.9. The van der Waals surface area contributed by atoms with Crippen molar-refractivity contribution < 1.29 is 9.53 Å². The first-order valence-corrected chi connectivity index (χ1v) is 10.9. The fourth-order valence-electron chi connectivity index (χ4n) is 2.99. The molecule has 152 valence electrons. The van der Waals surface area contributed by atoms with E-state index in [2.05, 4.69) is 24.0 Å². The molecule has 28 heavy (non-hydrogen) atoms. The van der Waals surface area contributed by atoms with Crippen LogP contribution in [0.4, 0.5) is 0 Å². The van der Waals surface area contributed by atoms with Gasteiger partial charge in [-0.2, -0.15) is 0 Å². The van der Waals surface area contributed by atoms with Crippen LogP contribution in [0.1, 0.15) is 64.9 Å². The summed E-state index contributed by atoms with van der Waals surface area (Å²) < 4.78 is 5.34. The lowest BCUT2D eigenvalue weighted by Crippen LogP contribution is -2.25. The Morgan fingerprint density at radius 2 is 1.68 bits per heavy atom. The zero-order valence-corrected chi connectivity index (χ0v) is 18.0. The molecule has 0 aliphatic rings. The van der Waals surface area contributed by atoms with Gasteiger partial charge in [-0.3, -0.25) is 9.78 Å². The molecule has 0 fully saturated rings. The number of unbranched alkanes of at least 4 members (excludes halogenated alkanes) is 5. The minimum absolute atomic E-state index is 0.0347. The number of nitrogens with zero attached hydrogens (tertiary/aromatic N) is 1. The van der Waals surface area contributed by atoms with Crippen LogP contribution < -0.4 is 4.74 Å². The highest BCUT2D eigenvalue weighted by Crippen LogP contribution is 2.22. The van der Waals surface area contributed by atoms with E-state index in [-0.39, 0.29) is 5.92 Å². The Morgan fingerprint density at radius 3 is 2.29 bits per heavy atom. The van der Waals surface area contributed by atoms with Crippen LogP contribution >= 0.6 is 11.6 Å². The summed E-state index contributed by atoms with van der Waals surface area (Å²) in [6.45, 7) is 6.03. The van der Waals surface area contributed by atoms with Crippen molar-refractivity contribution in [3.63, 3.8) is 0 Å². The van der Waals surface area contributed by atoms with E-state index < -0.39 is 11.3 Å². The highest BCUT2D eigenvalue weighted by molar-refractivity contribution is 6.30.